The van der Waals surface area contributed by atoms with Crippen molar-refractivity contribution in [1.82, 2.24) is 9.78 Å². The SMILES string of the molecule is COc1ccccc1NC(=O)c1c(C)nn(C)c1C. The van der Waals surface area contributed by atoms with Crippen molar-refractivity contribution >= 4 is 11.6 Å². The Kier molecular flexibility index (Phi) is 3.55. The molecule has 1 amide bonds. The van der Waals surface area contributed by atoms with Gasteiger partial charge in [-0.2, -0.15) is 5.10 Å². The molecule has 0 saturated carbocycles. The Morgan fingerprint density at radius 1 is 1.32 bits per heavy atom. The third-order valence-corrected chi connectivity index (χ3v) is 3.09. The van der Waals surface area contributed by atoms with Gasteiger partial charge in [0.2, 0.25) is 0 Å². The molecule has 0 unspecified atom stereocenters. The monoisotopic (exact) mass is 259 g/mol. The maximum absolute atomic E-state index is 12.3. The normalized spacial score (nSPS) is 10.3. The minimum Gasteiger partial charge on any atom is -0.495 e. The van der Waals surface area contributed by atoms with E-state index in [0.29, 0.717) is 22.7 Å². The summed E-state index contributed by atoms with van der Waals surface area (Å²) in [4.78, 5) is 12.3. The summed E-state index contributed by atoms with van der Waals surface area (Å²) in [6.45, 7) is 3.70. The summed E-state index contributed by atoms with van der Waals surface area (Å²) in [5, 5.41) is 7.10. The molecule has 2 aromatic rings. The molecule has 0 aliphatic carbocycles. The molecule has 5 nitrogen and oxygen atoms in total. The molecule has 19 heavy (non-hydrogen) atoms. The number of aryl methyl sites for hydroxylation is 2. The van der Waals surface area contributed by atoms with E-state index in [2.05, 4.69) is 10.4 Å². The second kappa shape index (κ2) is 5.14. The summed E-state index contributed by atoms with van der Waals surface area (Å²) in [6.07, 6.45) is 0. The number of nitrogens with zero attached hydrogens (tertiary/aromatic N) is 2. The molecule has 0 atom stereocenters. The van der Waals surface area contributed by atoms with E-state index in [9.17, 15) is 4.79 Å². The molecule has 0 saturated heterocycles. The third kappa shape index (κ3) is 2.45. The molecule has 1 heterocycles. The van der Waals surface area contributed by atoms with E-state index in [0.717, 1.165) is 5.69 Å². The molecule has 1 N–H and O–H groups in total. The first-order valence-corrected chi connectivity index (χ1v) is 5.99. The second-order valence-corrected chi connectivity index (χ2v) is 4.32. The number of carbonyl (C=O) groups excluding carboxylic acids is 1. The zero-order valence-electron chi connectivity index (χ0n) is 11.5. The molecule has 0 fully saturated rings. The highest BCUT2D eigenvalue weighted by Crippen LogP contribution is 2.24. The van der Waals surface area contributed by atoms with Crippen molar-refractivity contribution in [1.29, 1.82) is 0 Å². The second-order valence-electron chi connectivity index (χ2n) is 4.32. The summed E-state index contributed by atoms with van der Waals surface area (Å²) in [7, 11) is 3.40. The average molecular weight is 259 g/mol. The Morgan fingerprint density at radius 2 is 2.00 bits per heavy atom. The zero-order chi connectivity index (χ0) is 14.0. The Morgan fingerprint density at radius 3 is 2.58 bits per heavy atom. The maximum Gasteiger partial charge on any atom is 0.259 e. The van der Waals surface area contributed by atoms with Crippen molar-refractivity contribution in [2.24, 2.45) is 7.05 Å². The lowest BCUT2D eigenvalue weighted by Crippen LogP contribution is -2.14. The first-order chi connectivity index (χ1) is 9.04. The number of benzene rings is 1. The average Bonchev–Trinajstić information content (AvgIpc) is 2.64. The summed E-state index contributed by atoms with van der Waals surface area (Å²) >= 11 is 0. The molecule has 100 valence electrons. The van der Waals surface area contributed by atoms with Gasteiger partial charge in [0.15, 0.2) is 0 Å². The number of ether oxygens (including phenoxy) is 1. The fourth-order valence-corrected chi connectivity index (χ4v) is 2.03. The van der Waals surface area contributed by atoms with Gasteiger partial charge in [0.05, 0.1) is 24.1 Å². The predicted octanol–water partition coefficient (Wildman–Crippen LogP) is 2.30. The number of carbonyl (C=O) groups is 1. The largest absolute Gasteiger partial charge is 0.495 e. The molecule has 0 bridgehead atoms. The van der Waals surface area contributed by atoms with E-state index in [1.165, 1.54) is 0 Å². The van der Waals surface area contributed by atoms with Crippen LogP contribution in [0.2, 0.25) is 0 Å². The Hall–Kier alpha value is -2.30. The van der Waals surface area contributed by atoms with Crippen LogP contribution >= 0.6 is 0 Å². The van der Waals surface area contributed by atoms with Crippen LogP contribution in [0.25, 0.3) is 0 Å². The van der Waals surface area contributed by atoms with E-state index in [-0.39, 0.29) is 5.91 Å². The third-order valence-electron chi connectivity index (χ3n) is 3.09. The summed E-state index contributed by atoms with van der Waals surface area (Å²) < 4.78 is 6.91. The quantitative estimate of drug-likeness (QED) is 0.920. The first-order valence-electron chi connectivity index (χ1n) is 5.99. The zero-order valence-corrected chi connectivity index (χ0v) is 11.5. The van der Waals surface area contributed by atoms with Gasteiger partial charge in [-0.1, -0.05) is 12.1 Å². The number of amides is 1. The van der Waals surface area contributed by atoms with Crippen molar-refractivity contribution in [3.05, 3.63) is 41.2 Å². The molecular weight excluding hydrogens is 242 g/mol. The topological polar surface area (TPSA) is 56.1 Å². The molecule has 1 aromatic heterocycles. The number of methoxy groups -OCH3 is 1. The van der Waals surface area contributed by atoms with Gasteiger partial charge in [0, 0.05) is 12.7 Å². The van der Waals surface area contributed by atoms with Crippen LogP contribution < -0.4 is 10.1 Å². The van der Waals surface area contributed by atoms with Crippen LogP contribution in [0.3, 0.4) is 0 Å². The lowest BCUT2D eigenvalue weighted by atomic mass is 10.1. The molecular formula is C14H17N3O2. The summed E-state index contributed by atoms with van der Waals surface area (Å²) in [6, 6.07) is 7.31. The number of anilines is 1. The van der Waals surface area contributed by atoms with Crippen molar-refractivity contribution in [3.63, 3.8) is 0 Å². The molecule has 0 aliphatic rings. The molecule has 0 radical (unpaired) electrons. The number of para-hydroxylation sites is 2. The van der Waals surface area contributed by atoms with Gasteiger partial charge in [0.1, 0.15) is 5.75 Å². The minimum atomic E-state index is -0.174. The van der Waals surface area contributed by atoms with Crippen molar-refractivity contribution in [3.8, 4) is 5.75 Å². The van der Waals surface area contributed by atoms with Crippen molar-refractivity contribution in [2.45, 2.75) is 13.8 Å². The van der Waals surface area contributed by atoms with Gasteiger partial charge in [-0.05, 0) is 26.0 Å². The van der Waals surface area contributed by atoms with Gasteiger partial charge < -0.3 is 10.1 Å². The van der Waals surface area contributed by atoms with Gasteiger partial charge in [-0.25, -0.2) is 0 Å². The maximum atomic E-state index is 12.3. The molecule has 0 aliphatic heterocycles. The van der Waals surface area contributed by atoms with Crippen LogP contribution in [-0.2, 0) is 7.05 Å². The van der Waals surface area contributed by atoms with E-state index < -0.39 is 0 Å². The van der Waals surface area contributed by atoms with Crippen LogP contribution in [0.15, 0.2) is 24.3 Å². The lowest BCUT2D eigenvalue weighted by molar-refractivity contribution is 0.102. The standard InChI is InChI=1S/C14H17N3O2/c1-9-13(10(2)17(3)16-9)14(18)15-11-7-5-6-8-12(11)19-4/h5-8H,1-4H3,(H,15,18). The smallest absolute Gasteiger partial charge is 0.259 e. The first kappa shape index (κ1) is 13.1. The van der Waals surface area contributed by atoms with Crippen molar-refractivity contribution in [2.75, 3.05) is 12.4 Å². The minimum absolute atomic E-state index is 0.174. The fraction of sp³-hybridized carbons (Fsp3) is 0.286. The lowest BCUT2D eigenvalue weighted by Gasteiger charge is -2.09. The molecule has 5 heteroatoms. The number of nitrogens with one attached hydrogen (secondary N) is 1. The summed E-state index contributed by atoms with van der Waals surface area (Å²) in [5.74, 6) is 0.461. The number of rotatable bonds is 3. The highest BCUT2D eigenvalue weighted by molar-refractivity contribution is 6.06. The number of hydrogen-bond donors (Lipinski definition) is 1. The Bertz CT molecular complexity index is 617. The van der Waals surface area contributed by atoms with Crippen LogP contribution in [0.1, 0.15) is 21.7 Å². The van der Waals surface area contributed by atoms with E-state index in [1.807, 2.05) is 33.0 Å². The van der Waals surface area contributed by atoms with E-state index in [1.54, 1.807) is 23.9 Å². The summed E-state index contributed by atoms with van der Waals surface area (Å²) in [5.41, 5.74) is 2.81. The van der Waals surface area contributed by atoms with Crippen LogP contribution in [-0.4, -0.2) is 22.8 Å². The van der Waals surface area contributed by atoms with E-state index >= 15 is 0 Å². The fourth-order valence-electron chi connectivity index (χ4n) is 2.03. The Balaban J connectivity index is 2.31. The van der Waals surface area contributed by atoms with Crippen molar-refractivity contribution < 1.29 is 9.53 Å². The van der Waals surface area contributed by atoms with Gasteiger partial charge in [0.25, 0.3) is 5.91 Å². The highest BCUT2D eigenvalue weighted by Gasteiger charge is 2.18. The molecule has 1 aromatic carbocycles. The van der Waals surface area contributed by atoms with Gasteiger partial charge in [-0.15, -0.1) is 0 Å². The predicted molar refractivity (Wildman–Crippen MR) is 73.6 cm³/mol. The highest BCUT2D eigenvalue weighted by atomic mass is 16.5. The van der Waals surface area contributed by atoms with Gasteiger partial charge in [-0.3, -0.25) is 9.48 Å². The number of hydrogen-bond acceptors (Lipinski definition) is 3. The van der Waals surface area contributed by atoms with E-state index in [4.69, 9.17) is 4.74 Å². The van der Waals surface area contributed by atoms with Crippen LogP contribution in [0, 0.1) is 13.8 Å². The van der Waals surface area contributed by atoms with Crippen LogP contribution in [0.5, 0.6) is 5.75 Å². The molecule has 2 rings (SSSR count). The number of aromatic nitrogens is 2. The van der Waals surface area contributed by atoms with Gasteiger partial charge >= 0.3 is 0 Å². The molecule has 0 spiro atoms. The Labute approximate surface area is 112 Å². The van der Waals surface area contributed by atoms with Crippen LogP contribution in [0.4, 0.5) is 5.69 Å².